The van der Waals surface area contributed by atoms with E-state index >= 15 is 0 Å². The summed E-state index contributed by atoms with van der Waals surface area (Å²) < 4.78 is 12.7. The number of ether oxygens (including phenoxy) is 2. The van der Waals surface area contributed by atoms with Crippen LogP contribution in [0.4, 0.5) is 5.95 Å². The van der Waals surface area contributed by atoms with Crippen LogP contribution in [0.1, 0.15) is 29.2 Å². The van der Waals surface area contributed by atoms with Crippen molar-refractivity contribution in [3.8, 4) is 17.7 Å². The number of benzene rings is 2. The van der Waals surface area contributed by atoms with Crippen molar-refractivity contribution in [1.29, 1.82) is 5.26 Å². The summed E-state index contributed by atoms with van der Waals surface area (Å²) in [6.07, 6.45) is 3.74. The maximum atomic E-state index is 12.8. The Hall–Kier alpha value is -3.57. The summed E-state index contributed by atoms with van der Waals surface area (Å²) in [6.45, 7) is 1.95. The first kappa shape index (κ1) is 20.7. The highest BCUT2D eigenvalue weighted by Crippen LogP contribution is 2.31. The molecule has 0 amide bonds. The van der Waals surface area contributed by atoms with Gasteiger partial charge in [-0.25, -0.2) is 4.98 Å². The molecule has 0 radical (unpaired) electrons. The molecule has 31 heavy (non-hydrogen) atoms. The lowest BCUT2D eigenvalue weighted by atomic mass is 10.0. The topological polar surface area (TPSA) is 92.4 Å². The number of ketones is 1. The molecule has 1 aliphatic rings. The molecule has 1 fully saturated rings. The number of imidazole rings is 1. The number of methoxy groups -OCH3 is 2. The van der Waals surface area contributed by atoms with Gasteiger partial charge in [-0.1, -0.05) is 12.1 Å². The van der Waals surface area contributed by atoms with Gasteiger partial charge < -0.3 is 14.0 Å². The second-order valence-electron chi connectivity index (χ2n) is 7.53. The van der Waals surface area contributed by atoms with E-state index in [9.17, 15) is 4.79 Å². The van der Waals surface area contributed by atoms with Gasteiger partial charge in [-0.2, -0.15) is 5.26 Å². The van der Waals surface area contributed by atoms with Crippen molar-refractivity contribution in [3.63, 3.8) is 0 Å². The van der Waals surface area contributed by atoms with Crippen LogP contribution in [0.5, 0.6) is 11.5 Å². The number of nitriles is 1. The summed E-state index contributed by atoms with van der Waals surface area (Å²) in [6, 6.07) is 13.4. The molecule has 160 valence electrons. The Morgan fingerprint density at radius 2 is 1.90 bits per heavy atom. The van der Waals surface area contributed by atoms with Crippen LogP contribution in [-0.4, -0.2) is 54.1 Å². The molecule has 1 aromatic heterocycles. The standard InChI is InChI=1S/C23H25N5O3/c1-30-21-8-7-16(13-22(21)31-2)20(29)14-27-11-9-17(10-12-27)28-19-6-4-3-5-18(19)26-23(28)25-15-24/h3-8,13,17H,9-12,14H2,1-2H3,(H,25,26). The molecule has 2 aromatic carbocycles. The molecule has 0 saturated carbocycles. The van der Waals surface area contributed by atoms with Gasteiger partial charge in [0.15, 0.2) is 23.5 Å². The number of fused-ring (bicyclic) bond motifs is 1. The van der Waals surface area contributed by atoms with Crippen molar-refractivity contribution < 1.29 is 14.3 Å². The number of anilines is 1. The molecular weight excluding hydrogens is 394 g/mol. The second-order valence-corrected chi connectivity index (χ2v) is 7.53. The maximum absolute atomic E-state index is 12.8. The molecule has 8 heteroatoms. The zero-order chi connectivity index (χ0) is 21.8. The smallest absolute Gasteiger partial charge is 0.217 e. The maximum Gasteiger partial charge on any atom is 0.217 e. The molecular formula is C23H25N5O3. The first-order valence-corrected chi connectivity index (χ1v) is 10.2. The second kappa shape index (κ2) is 9.06. The van der Waals surface area contributed by atoms with Gasteiger partial charge in [0.25, 0.3) is 0 Å². The molecule has 3 aromatic rings. The molecule has 0 spiro atoms. The quantitative estimate of drug-likeness (QED) is 0.356. The summed E-state index contributed by atoms with van der Waals surface area (Å²) in [5, 5.41) is 11.8. The van der Waals surface area contributed by atoms with Crippen molar-refractivity contribution in [2.75, 3.05) is 39.2 Å². The Morgan fingerprint density at radius 3 is 2.61 bits per heavy atom. The van der Waals surface area contributed by atoms with Crippen LogP contribution in [0.25, 0.3) is 11.0 Å². The first-order chi connectivity index (χ1) is 15.1. The van der Waals surface area contributed by atoms with E-state index in [1.54, 1.807) is 32.4 Å². The van der Waals surface area contributed by atoms with Crippen LogP contribution in [0.2, 0.25) is 0 Å². The Bertz CT molecular complexity index is 1130. The number of carbonyl (C=O) groups is 1. The van der Waals surface area contributed by atoms with Gasteiger partial charge in [0.05, 0.1) is 31.8 Å². The molecule has 4 rings (SSSR count). The van der Waals surface area contributed by atoms with Crippen molar-refractivity contribution in [2.45, 2.75) is 18.9 Å². The van der Waals surface area contributed by atoms with Crippen molar-refractivity contribution in [2.24, 2.45) is 0 Å². The predicted molar refractivity (Wildman–Crippen MR) is 118 cm³/mol. The summed E-state index contributed by atoms with van der Waals surface area (Å²) in [5.41, 5.74) is 2.49. The third-order valence-electron chi connectivity index (χ3n) is 5.76. The lowest BCUT2D eigenvalue weighted by Crippen LogP contribution is -2.38. The highest BCUT2D eigenvalue weighted by atomic mass is 16.5. The Morgan fingerprint density at radius 1 is 1.16 bits per heavy atom. The van der Waals surface area contributed by atoms with Gasteiger partial charge in [-0.3, -0.25) is 15.0 Å². The molecule has 0 bridgehead atoms. The fraction of sp³-hybridized carbons (Fsp3) is 0.348. The number of para-hydroxylation sites is 2. The third-order valence-corrected chi connectivity index (χ3v) is 5.76. The van der Waals surface area contributed by atoms with Gasteiger partial charge in [-0.15, -0.1) is 0 Å². The normalized spacial score (nSPS) is 14.9. The molecule has 8 nitrogen and oxygen atoms in total. The Balaban J connectivity index is 1.44. The van der Waals surface area contributed by atoms with Crippen LogP contribution in [0, 0.1) is 11.5 Å². The predicted octanol–water partition coefficient (Wildman–Crippen LogP) is 3.47. The van der Waals surface area contributed by atoms with E-state index in [-0.39, 0.29) is 11.8 Å². The lowest BCUT2D eigenvalue weighted by Gasteiger charge is -2.33. The van der Waals surface area contributed by atoms with Crippen LogP contribution in [-0.2, 0) is 0 Å². The molecule has 2 heterocycles. The highest BCUT2D eigenvalue weighted by Gasteiger charge is 2.26. The highest BCUT2D eigenvalue weighted by molar-refractivity contribution is 5.98. The number of hydrogen-bond donors (Lipinski definition) is 1. The van der Waals surface area contributed by atoms with Crippen LogP contribution in [0.3, 0.4) is 0 Å². The monoisotopic (exact) mass is 419 g/mol. The Labute approximate surface area is 181 Å². The van der Waals surface area contributed by atoms with E-state index in [4.69, 9.17) is 14.7 Å². The summed E-state index contributed by atoms with van der Waals surface area (Å²) in [4.78, 5) is 19.5. The average Bonchev–Trinajstić information content (AvgIpc) is 3.17. The van der Waals surface area contributed by atoms with Crippen LogP contribution < -0.4 is 14.8 Å². The average molecular weight is 419 g/mol. The van der Waals surface area contributed by atoms with E-state index in [0.29, 0.717) is 29.6 Å². The fourth-order valence-electron chi connectivity index (χ4n) is 4.19. The summed E-state index contributed by atoms with van der Waals surface area (Å²) in [7, 11) is 3.14. The SMILES string of the molecule is COc1ccc(C(=O)CN2CCC(n3c(NC#N)nc4ccccc43)CC2)cc1OC. The summed E-state index contributed by atoms with van der Waals surface area (Å²) >= 11 is 0. The van der Waals surface area contributed by atoms with Crippen molar-refractivity contribution in [1.82, 2.24) is 14.5 Å². The van der Waals surface area contributed by atoms with E-state index in [1.165, 1.54) is 0 Å². The van der Waals surface area contributed by atoms with E-state index in [1.807, 2.05) is 30.5 Å². The van der Waals surface area contributed by atoms with Gasteiger partial charge in [0.2, 0.25) is 5.95 Å². The third kappa shape index (κ3) is 4.18. The molecule has 0 aliphatic carbocycles. The number of hydrogen-bond acceptors (Lipinski definition) is 7. The minimum atomic E-state index is 0.0549. The van der Waals surface area contributed by atoms with Gasteiger partial charge in [-0.05, 0) is 43.2 Å². The number of nitrogens with one attached hydrogen (secondary N) is 1. The minimum Gasteiger partial charge on any atom is -0.493 e. The number of nitrogens with zero attached hydrogens (tertiary/aromatic N) is 4. The largest absolute Gasteiger partial charge is 0.493 e. The zero-order valence-electron chi connectivity index (χ0n) is 17.7. The molecule has 1 aliphatic heterocycles. The lowest BCUT2D eigenvalue weighted by molar-refractivity contribution is 0.0899. The molecule has 1 saturated heterocycles. The molecule has 0 atom stereocenters. The summed E-state index contributed by atoms with van der Waals surface area (Å²) in [5.74, 6) is 1.79. The molecule has 0 unspecified atom stereocenters. The van der Waals surface area contributed by atoms with Gasteiger partial charge in [0, 0.05) is 24.7 Å². The van der Waals surface area contributed by atoms with Crippen molar-refractivity contribution >= 4 is 22.8 Å². The number of piperidine rings is 1. The van der Waals surface area contributed by atoms with E-state index in [2.05, 4.69) is 19.8 Å². The molecule has 1 N–H and O–H groups in total. The van der Waals surface area contributed by atoms with Crippen LogP contribution in [0.15, 0.2) is 42.5 Å². The van der Waals surface area contributed by atoms with Gasteiger partial charge in [0.1, 0.15) is 0 Å². The number of Topliss-reactive ketones (excluding diaryl/α,β-unsaturated/α-hetero) is 1. The van der Waals surface area contributed by atoms with E-state index in [0.717, 1.165) is 37.0 Å². The van der Waals surface area contributed by atoms with E-state index < -0.39 is 0 Å². The zero-order valence-corrected chi connectivity index (χ0v) is 17.7. The van der Waals surface area contributed by atoms with Crippen molar-refractivity contribution in [3.05, 3.63) is 48.0 Å². The number of rotatable bonds is 7. The van der Waals surface area contributed by atoms with Gasteiger partial charge >= 0.3 is 0 Å². The number of aromatic nitrogens is 2. The minimum absolute atomic E-state index is 0.0549. The first-order valence-electron chi connectivity index (χ1n) is 10.2. The Kier molecular flexibility index (Phi) is 6.05. The number of likely N-dealkylation sites (tertiary alicyclic amines) is 1. The van der Waals surface area contributed by atoms with Crippen LogP contribution >= 0.6 is 0 Å². The fourth-order valence-corrected chi connectivity index (χ4v) is 4.19. The number of carbonyl (C=O) groups excluding carboxylic acids is 1.